The van der Waals surface area contributed by atoms with Crippen LogP contribution in [-0.2, 0) is 11.3 Å². The van der Waals surface area contributed by atoms with Gasteiger partial charge in [-0.3, -0.25) is 14.5 Å². The Hall–Kier alpha value is -2.73. The first-order valence-electron chi connectivity index (χ1n) is 7.63. The number of amides is 2. The summed E-state index contributed by atoms with van der Waals surface area (Å²) < 4.78 is 10.5. The summed E-state index contributed by atoms with van der Waals surface area (Å²) in [6, 6.07) is 14.7. The predicted octanol–water partition coefficient (Wildman–Crippen LogP) is 3.94. The van der Waals surface area contributed by atoms with Crippen LogP contribution in [0.4, 0.5) is 4.79 Å². The summed E-state index contributed by atoms with van der Waals surface area (Å²) in [5, 5.41) is -0.271. The van der Waals surface area contributed by atoms with Crippen molar-refractivity contribution in [3.05, 3.63) is 64.6 Å². The molecule has 5 nitrogen and oxygen atoms in total. The zero-order chi connectivity index (χ0) is 17.8. The standard InChI is InChI=1S/C19H17NO4S/c1-23-15-9-8-14(16(11-15)24-2)10-17-18(21)20(19(22)25-17)12-13-6-4-3-5-7-13/h3-11H,12H2,1-2H3. The van der Waals surface area contributed by atoms with E-state index in [2.05, 4.69) is 0 Å². The molecule has 2 amide bonds. The van der Waals surface area contributed by atoms with Gasteiger partial charge >= 0.3 is 0 Å². The lowest BCUT2D eigenvalue weighted by Crippen LogP contribution is -2.27. The molecule has 1 aliphatic rings. The Morgan fingerprint density at radius 1 is 1.04 bits per heavy atom. The number of rotatable bonds is 5. The zero-order valence-electron chi connectivity index (χ0n) is 13.9. The number of nitrogens with zero attached hydrogens (tertiary/aromatic N) is 1. The van der Waals surface area contributed by atoms with Gasteiger partial charge in [0, 0.05) is 11.6 Å². The van der Waals surface area contributed by atoms with Gasteiger partial charge in [-0.25, -0.2) is 0 Å². The summed E-state index contributed by atoms with van der Waals surface area (Å²) >= 11 is 0.937. The fourth-order valence-electron chi connectivity index (χ4n) is 2.48. The Labute approximate surface area is 150 Å². The van der Waals surface area contributed by atoms with Crippen molar-refractivity contribution >= 4 is 29.0 Å². The minimum absolute atomic E-state index is 0.266. The molecule has 1 aliphatic heterocycles. The van der Waals surface area contributed by atoms with Gasteiger partial charge < -0.3 is 9.47 Å². The van der Waals surface area contributed by atoms with Crippen molar-refractivity contribution in [3.8, 4) is 11.5 Å². The molecule has 0 unspecified atom stereocenters. The molecule has 1 fully saturated rings. The third kappa shape index (κ3) is 3.69. The second kappa shape index (κ2) is 7.44. The number of hydrogen-bond acceptors (Lipinski definition) is 5. The first kappa shape index (κ1) is 17.1. The van der Waals surface area contributed by atoms with Crippen LogP contribution in [-0.4, -0.2) is 30.3 Å². The molecule has 2 aromatic rings. The molecule has 0 atom stereocenters. The number of benzene rings is 2. The van der Waals surface area contributed by atoms with Crippen molar-refractivity contribution in [2.45, 2.75) is 6.54 Å². The Morgan fingerprint density at radius 3 is 2.48 bits per heavy atom. The van der Waals surface area contributed by atoms with E-state index in [-0.39, 0.29) is 17.7 Å². The minimum Gasteiger partial charge on any atom is -0.497 e. The molecule has 0 aliphatic carbocycles. The van der Waals surface area contributed by atoms with E-state index >= 15 is 0 Å². The van der Waals surface area contributed by atoms with E-state index in [4.69, 9.17) is 9.47 Å². The van der Waals surface area contributed by atoms with Gasteiger partial charge in [-0.2, -0.15) is 0 Å². The molecular formula is C19H17NO4S. The van der Waals surface area contributed by atoms with Crippen molar-refractivity contribution in [1.82, 2.24) is 4.90 Å². The number of methoxy groups -OCH3 is 2. The van der Waals surface area contributed by atoms with Crippen LogP contribution >= 0.6 is 11.8 Å². The van der Waals surface area contributed by atoms with E-state index in [0.29, 0.717) is 22.0 Å². The number of thioether (sulfide) groups is 1. The molecule has 0 aromatic heterocycles. The number of hydrogen-bond donors (Lipinski definition) is 0. The second-order valence-electron chi connectivity index (χ2n) is 5.36. The number of carbonyl (C=O) groups excluding carboxylic acids is 2. The Kier molecular flexibility index (Phi) is 5.09. The van der Waals surface area contributed by atoms with Crippen LogP contribution in [0.3, 0.4) is 0 Å². The van der Waals surface area contributed by atoms with Crippen LogP contribution < -0.4 is 9.47 Å². The minimum atomic E-state index is -0.295. The average molecular weight is 355 g/mol. The van der Waals surface area contributed by atoms with Crippen molar-refractivity contribution in [1.29, 1.82) is 0 Å². The highest BCUT2D eigenvalue weighted by Gasteiger charge is 2.35. The van der Waals surface area contributed by atoms with Gasteiger partial charge in [-0.05, 0) is 35.5 Å². The lowest BCUT2D eigenvalue weighted by Gasteiger charge is -2.12. The molecule has 2 aromatic carbocycles. The van der Waals surface area contributed by atoms with Crippen LogP contribution in [0.1, 0.15) is 11.1 Å². The van der Waals surface area contributed by atoms with E-state index in [1.54, 1.807) is 38.5 Å². The Balaban J connectivity index is 1.85. The second-order valence-corrected chi connectivity index (χ2v) is 6.35. The van der Waals surface area contributed by atoms with E-state index in [9.17, 15) is 9.59 Å². The monoisotopic (exact) mass is 355 g/mol. The lowest BCUT2D eigenvalue weighted by atomic mass is 10.1. The molecule has 0 bridgehead atoms. The number of carbonyl (C=O) groups is 2. The first-order chi connectivity index (χ1) is 12.1. The van der Waals surface area contributed by atoms with Crippen molar-refractivity contribution in [2.24, 2.45) is 0 Å². The normalized spacial score (nSPS) is 15.8. The van der Waals surface area contributed by atoms with Gasteiger partial charge in [0.15, 0.2) is 0 Å². The fraction of sp³-hybridized carbons (Fsp3) is 0.158. The quantitative estimate of drug-likeness (QED) is 0.761. The maximum atomic E-state index is 12.6. The Morgan fingerprint density at radius 2 is 1.80 bits per heavy atom. The maximum absolute atomic E-state index is 12.6. The lowest BCUT2D eigenvalue weighted by molar-refractivity contribution is -0.123. The summed E-state index contributed by atoms with van der Waals surface area (Å²) in [7, 11) is 3.12. The summed E-state index contributed by atoms with van der Waals surface area (Å²) in [5.41, 5.74) is 1.63. The van der Waals surface area contributed by atoms with Crippen molar-refractivity contribution in [3.63, 3.8) is 0 Å². The average Bonchev–Trinajstić information content (AvgIpc) is 2.90. The summed E-state index contributed by atoms with van der Waals surface area (Å²) in [6.45, 7) is 0.266. The molecule has 1 heterocycles. The molecule has 0 saturated carbocycles. The maximum Gasteiger partial charge on any atom is 0.293 e. The predicted molar refractivity (Wildman–Crippen MR) is 97.5 cm³/mol. The topological polar surface area (TPSA) is 55.8 Å². The van der Waals surface area contributed by atoms with Gasteiger partial charge in [0.25, 0.3) is 11.1 Å². The summed E-state index contributed by atoms with van der Waals surface area (Å²) in [4.78, 5) is 26.4. The molecule has 0 N–H and O–H groups in total. The van der Waals surface area contributed by atoms with Crippen LogP contribution in [0.5, 0.6) is 11.5 Å². The highest BCUT2D eigenvalue weighted by atomic mass is 32.2. The molecule has 128 valence electrons. The number of ether oxygens (including phenoxy) is 2. The van der Waals surface area contributed by atoms with E-state index < -0.39 is 0 Å². The largest absolute Gasteiger partial charge is 0.497 e. The van der Waals surface area contributed by atoms with Gasteiger partial charge in [0.1, 0.15) is 11.5 Å². The van der Waals surface area contributed by atoms with Crippen molar-refractivity contribution in [2.75, 3.05) is 14.2 Å². The summed E-state index contributed by atoms with van der Waals surface area (Å²) in [6.07, 6.45) is 1.67. The zero-order valence-corrected chi connectivity index (χ0v) is 14.7. The van der Waals surface area contributed by atoms with Crippen LogP contribution in [0.25, 0.3) is 6.08 Å². The molecule has 0 spiro atoms. The molecular weight excluding hydrogens is 338 g/mol. The molecule has 6 heteroatoms. The number of imide groups is 1. The smallest absolute Gasteiger partial charge is 0.293 e. The molecule has 25 heavy (non-hydrogen) atoms. The third-order valence-corrected chi connectivity index (χ3v) is 4.69. The highest BCUT2D eigenvalue weighted by molar-refractivity contribution is 8.18. The SMILES string of the molecule is COc1ccc(C=C2SC(=O)N(Cc3ccccc3)C2=O)c(OC)c1. The van der Waals surface area contributed by atoms with Gasteiger partial charge in [0.05, 0.1) is 25.7 Å². The summed E-state index contributed by atoms with van der Waals surface area (Å²) in [5.74, 6) is 0.942. The fourth-order valence-corrected chi connectivity index (χ4v) is 3.31. The van der Waals surface area contributed by atoms with E-state index in [1.165, 1.54) is 4.90 Å². The molecule has 3 rings (SSSR count). The Bertz CT molecular complexity index is 833. The molecule has 0 radical (unpaired) electrons. The van der Waals surface area contributed by atoms with Crippen LogP contribution in [0.2, 0.25) is 0 Å². The van der Waals surface area contributed by atoms with Gasteiger partial charge in [-0.1, -0.05) is 30.3 Å². The third-order valence-electron chi connectivity index (χ3n) is 3.78. The van der Waals surface area contributed by atoms with Crippen molar-refractivity contribution < 1.29 is 19.1 Å². The first-order valence-corrected chi connectivity index (χ1v) is 8.45. The molecule has 1 saturated heterocycles. The van der Waals surface area contributed by atoms with Gasteiger partial charge in [-0.15, -0.1) is 0 Å². The van der Waals surface area contributed by atoms with Gasteiger partial charge in [0.2, 0.25) is 0 Å². The van der Waals surface area contributed by atoms with E-state index in [1.807, 2.05) is 30.3 Å². The van der Waals surface area contributed by atoms with Crippen LogP contribution in [0.15, 0.2) is 53.4 Å². The van der Waals surface area contributed by atoms with Crippen LogP contribution in [0, 0.1) is 0 Å². The van der Waals surface area contributed by atoms with E-state index in [0.717, 1.165) is 17.3 Å². The highest BCUT2D eigenvalue weighted by Crippen LogP contribution is 2.35.